The number of rotatable bonds is 2. The first-order chi connectivity index (χ1) is 8.02. The van der Waals surface area contributed by atoms with Gasteiger partial charge in [0.15, 0.2) is 5.82 Å². The van der Waals surface area contributed by atoms with E-state index in [1.165, 1.54) is 0 Å². The van der Waals surface area contributed by atoms with Crippen LogP contribution in [0.1, 0.15) is 18.3 Å². The van der Waals surface area contributed by atoms with Crippen LogP contribution in [0, 0.1) is 10.5 Å². The first kappa shape index (κ1) is 12.3. The number of nitrogens with zero attached hydrogens (tertiary/aromatic N) is 4. The molecule has 5 nitrogen and oxygen atoms in total. The first-order valence-electron chi connectivity index (χ1n) is 5.35. The lowest BCUT2D eigenvalue weighted by Gasteiger charge is -2.06. The second-order valence-corrected chi connectivity index (χ2v) is 4.93. The van der Waals surface area contributed by atoms with Crippen molar-refractivity contribution in [2.45, 2.75) is 20.3 Å². The largest absolute Gasteiger partial charge is 0.383 e. The Morgan fingerprint density at radius 3 is 2.65 bits per heavy atom. The van der Waals surface area contributed by atoms with E-state index in [2.05, 4.69) is 44.6 Å². The minimum absolute atomic E-state index is 0.538. The molecule has 17 heavy (non-hydrogen) atoms. The lowest BCUT2D eigenvalue weighted by Crippen LogP contribution is -2.04. The third-order valence-corrected chi connectivity index (χ3v) is 3.71. The maximum Gasteiger partial charge on any atom is 0.165 e. The zero-order valence-corrected chi connectivity index (χ0v) is 12.2. The van der Waals surface area contributed by atoms with Gasteiger partial charge in [-0.15, -0.1) is 0 Å². The summed E-state index contributed by atoms with van der Waals surface area (Å²) in [6.45, 7) is 4.00. The van der Waals surface area contributed by atoms with Crippen molar-refractivity contribution in [3.8, 4) is 11.4 Å². The highest BCUT2D eigenvalue weighted by molar-refractivity contribution is 14.1. The molecular weight excluding hydrogens is 329 g/mol. The van der Waals surface area contributed by atoms with Gasteiger partial charge in [-0.3, -0.25) is 4.68 Å². The molecule has 0 amide bonds. The predicted octanol–water partition coefficient (Wildman–Crippen LogP) is 1.93. The molecule has 0 bridgehead atoms. The minimum atomic E-state index is 0.538. The Kier molecular flexibility index (Phi) is 3.32. The summed E-state index contributed by atoms with van der Waals surface area (Å²) in [7, 11) is 1.88. The van der Waals surface area contributed by atoms with Crippen LogP contribution in [0.5, 0.6) is 0 Å². The van der Waals surface area contributed by atoms with Crippen molar-refractivity contribution in [1.82, 2.24) is 19.7 Å². The molecule has 2 aromatic heterocycles. The molecule has 0 saturated heterocycles. The topological polar surface area (TPSA) is 69.6 Å². The number of nitrogens with two attached hydrogens (primary N) is 1. The van der Waals surface area contributed by atoms with Crippen molar-refractivity contribution in [2.75, 3.05) is 5.73 Å². The average Bonchev–Trinajstić information content (AvgIpc) is 2.61. The third-order valence-electron chi connectivity index (χ3n) is 2.53. The minimum Gasteiger partial charge on any atom is -0.383 e. The number of aryl methyl sites for hydroxylation is 3. The fourth-order valence-corrected chi connectivity index (χ4v) is 2.31. The number of hydrogen-bond acceptors (Lipinski definition) is 4. The van der Waals surface area contributed by atoms with Crippen molar-refractivity contribution in [3.05, 3.63) is 21.2 Å². The fourth-order valence-electron chi connectivity index (χ4n) is 1.69. The number of halogens is 1. The molecule has 90 valence electrons. The van der Waals surface area contributed by atoms with E-state index in [9.17, 15) is 0 Å². The molecule has 0 unspecified atom stereocenters. The number of aromatic nitrogens is 4. The van der Waals surface area contributed by atoms with E-state index in [1.54, 1.807) is 4.68 Å². The fraction of sp³-hybridized carbons (Fsp3) is 0.364. The van der Waals surface area contributed by atoms with Crippen LogP contribution >= 0.6 is 22.6 Å². The summed E-state index contributed by atoms with van der Waals surface area (Å²) in [5, 5.41) is 4.29. The van der Waals surface area contributed by atoms with E-state index >= 15 is 0 Å². The first-order valence-corrected chi connectivity index (χ1v) is 6.43. The van der Waals surface area contributed by atoms with E-state index in [0.29, 0.717) is 11.6 Å². The number of hydrogen-bond donors (Lipinski definition) is 1. The van der Waals surface area contributed by atoms with Crippen LogP contribution in [0.25, 0.3) is 11.4 Å². The van der Waals surface area contributed by atoms with E-state index < -0.39 is 0 Å². The molecule has 0 fully saturated rings. The van der Waals surface area contributed by atoms with Gasteiger partial charge in [0.25, 0.3) is 0 Å². The van der Waals surface area contributed by atoms with Crippen LogP contribution < -0.4 is 5.73 Å². The molecule has 2 heterocycles. The van der Waals surface area contributed by atoms with Crippen molar-refractivity contribution in [3.63, 3.8) is 0 Å². The lowest BCUT2D eigenvalue weighted by atomic mass is 10.2. The van der Waals surface area contributed by atoms with E-state index in [1.807, 2.05) is 20.2 Å². The summed E-state index contributed by atoms with van der Waals surface area (Å²) in [4.78, 5) is 8.88. The van der Waals surface area contributed by atoms with Crippen LogP contribution in [0.3, 0.4) is 0 Å². The summed E-state index contributed by atoms with van der Waals surface area (Å²) in [5.41, 5.74) is 8.74. The van der Waals surface area contributed by atoms with Gasteiger partial charge in [0.2, 0.25) is 0 Å². The summed E-state index contributed by atoms with van der Waals surface area (Å²) < 4.78 is 2.70. The van der Waals surface area contributed by atoms with Crippen LogP contribution in [-0.4, -0.2) is 19.7 Å². The summed E-state index contributed by atoms with van der Waals surface area (Å²) >= 11 is 2.18. The predicted molar refractivity (Wildman–Crippen MR) is 75.5 cm³/mol. The zero-order valence-electron chi connectivity index (χ0n) is 10.0. The standard InChI is InChI=1S/C11H14IN5/c1-4-8-9(12)10(13)15-11(14-8)7-5-17(3)16-6(7)2/h5H,4H2,1-3H3,(H2,13,14,15). The summed E-state index contributed by atoms with van der Waals surface area (Å²) in [6.07, 6.45) is 2.76. The highest BCUT2D eigenvalue weighted by atomic mass is 127. The van der Waals surface area contributed by atoms with Crippen molar-refractivity contribution in [2.24, 2.45) is 7.05 Å². The van der Waals surface area contributed by atoms with Gasteiger partial charge in [-0.1, -0.05) is 6.92 Å². The quantitative estimate of drug-likeness (QED) is 0.846. The van der Waals surface area contributed by atoms with Gasteiger partial charge in [-0.25, -0.2) is 9.97 Å². The Bertz CT molecular complexity index is 561. The Morgan fingerprint density at radius 1 is 1.41 bits per heavy atom. The molecule has 0 saturated carbocycles. The molecule has 2 N–H and O–H groups in total. The molecule has 0 aliphatic carbocycles. The van der Waals surface area contributed by atoms with Crippen LogP contribution in [-0.2, 0) is 13.5 Å². The molecular formula is C11H14IN5. The number of nitrogen functional groups attached to an aromatic ring is 1. The van der Waals surface area contributed by atoms with Gasteiger partial charge >= 0.3 is 0 Å². The van der Waals surface area contributed by atoms with Crippen LogP contribution in [0.15, 0.2) is 6.20 Å². The normalized spacial score (nSPS) is 10.8. The van der Waals surface area contributed by atoms with Gasteiger partial charge < -0.3 is 5.73 Å². The van der Waals surface area contributed by atoms with E-state index in [0.717, 1.165) is 26.9 Å². The molecule has 0 atom stereocenters. The lowest BCUT2D eigenvalue weighted by molar-refractivity contribution is 0.756. The molecule has 0 radical (unpaired) electrons. The van der Waals surface area contributed by atoms with Crippen molar-refractivity contribution in [1.29, 1.82) is 0 Å². The highest BCUT2D eigenvalue weighted by Gasteiger charge is 2.13. The van der Waals surface area contributed by atoms with Gasteiger partial charge in [-0.05, 0) is 35.9 Å². The zero-order chi connectivity index (χ0) is 12.6. The second kappa shape index (κ2) is 4.59. The second-order valence-electron chi connectivity index (χ2n) is 3.85. The molecule has 0 aromatic carbocycles. The van der Waals surface area contributed by atoms with E-state index in [4.69, 9.17) is 5.73 Å². The highest BCUT2D eigenvalue weighted by Crippen LogP contribution is 2.24. The Hall–Kier alpha value is -1.18. The van der Waals surface area contributed by atoms with Crippen molar-refractivity contribution >= 4 is 28.4 Å². The Morgan fingerprint density at radius 2 is 2.12 bits per heavy atom. The molecule has 2 aromatic rings. The Labute approximate surface area is 114 Å². The van der Waals surface area contributed by atoms with Crippen LogP contribution in [0.4, 0.5) is 5.82 Å². The monoisotopic (exact) mass is 343 g/mol. The molecule has 0 spiro atoms. The maximum atomic E-state index is 5.91. The van der Waals surface area contributed by atoms with Gasteiger partial charge in [0.05, 0.1) is 20.5 Å². The summed E-state index contributed by atoms with van der Waals surface area (Å²) in [5.74, 6) is 1.20. The van der Waals surface area contributed by atoms with Crippen LogP contribution in [0.2, 0.25) is 0 Å². The van der Waals surface area contributed by atoms with Crippen molar-refractivity contribution < 1.29 is 0 Å². The molecule has 6 heteroatoms. The summed E-state index contributed by atoms with van der Waals surface area (Å²) in [6, 6.07) is 0. The number of anilines is 1. The molecule has 0 aliphatic rings. The maximum absolute atomic E-state index is 5.91. The molecule has 2 rings (SSSR count). The smallest absolute Gasteiger partial charge is 0.165 e. The average molecular weight is 343 g/mol. The third kappa shape index (κ3) is 2.26. The Balaban J connectivity index is 2.60. The van der Waals surface area contributed by atoms with Gasteiger partial charge in [0.1, 0.15) is 5.82 Å². The van der Waals surface area contributed by atoms with E-state index in [-0.39, 0.29) is 0 Å². The van der Waals surface area contributed by atoms with Gasteiger partial charge in [-0.2, -0.15) is 5.10 Å². The molecule has 0 aliphatic heterocycles. The SMILES string of the molecule is CCc1nc(-c2cn(C)nc2C)nc(N)c1I. The van der Waals surface area contributed by atoms with Gasteiger partial charge in [0, 0.05) is 13.2 Å².